The summed E-state index contributed by atoms with van der Waals surface area (Å²) in [5, 5.41) is 12.1. The molecule has 4 rings (SSSR count). The number of ether oxygens (including phenoxy) is 2. The first-order valence-electron chi connectivity index (χ1n) is 10.7. The molecule has 0 aliphatic carbocycles. The summed E-state index contributed by atoms with van der Waals surface area (Å²) < 4.78 is 26.3. The summed E-state index contributed by atoms with van der Waals surface area (Å²) in [6, 6.07) is 12.1. The Bertz CT molecular complexity index is 1380. The van der Waals surface area contributed by atoms with Gasteiger partial charge in [0.1, 0.15) is 11.7 Å². The van der Waals surface area contributed by atoms with E-state index in [2.05, 4.69) is 20.1 Å². The molecule has 2 heterocycles. The number of hydrogen-bond donors (Lipinski definition) is 3. The molecule has 2 aromatic carbocycles. The van der Waals surface area contributed by atoms with E-state index in [4.69, 9.17) is 20.6 Å². The lowest BCUT2D eigenvalue weighted by atomic mass is 9.89. The van der Waals surface area contributed by atoms with Crippen LogP contribution >= 0.6 is 0 Å². The highest BCUT2D eigenvalue weighted by molar-refractivity contribution is 5.94. The molecule has 0 fully saturated rings. The lowest BCUT2D eigenvalue weighted by Crippen LogP contribution is -2.18. The molecule has 2 aromatic heterocycles. The van der Waals surface area contributed by atoms with Gasteiger partial charge in [0, 0.05) is 36.5 Å². The van der Waals surface area contributed by atoms with Crippen LogP contribution in [-0.2, 0) is 17.8 Å². The Hall–Kier alpha value is -4.38. The third-order valence-electron chi connectivity index (χ3n) is 5.47. The zero-order chi connectivity index (χ0) is 24.9. The molecule has 35 heavy (non-hydrogen) atoms. The van der Waals surface area contributed by atoms with E-state index in [-0.39, 0.29) is 24.1 Å². The molecule has 1 atom stereocenters. The minimum atomic E-state index is -0.514. The number of benzene rings is 2. The zero-order valence-corrected chi connectivity index (χ0v) is 19.2. The predicted octanol–water partition coefficient (Wildman–Crippen LogP) is 2.30. The van der Waals surface area contributed by atoms with Crippen LogP contribution in [0.1, 0.15) is 34.0 Å². The molecule has 0 aliphatic heterocycles. The first-order chi connectivity index (χ1) is 16.9. The highest BCUT2D eigenvalue weighted by atomic mass is 19.1. The van der Waals surface area contributed by atoms with Gasteiger partial charge in [0.25, 0.3) is 5.95 Å². The highest BCUT2D eigenvalue weighted by Crippen LogP contribution is 2.32. The summed E-state index contributed by atoms with van der Waals surface area (Å²) in [5.41, 5.74) is 7.53. The Morgan fingerprint density at radius 1 is 1.20 bits per heavy atom. The monoisotopic (exact) mass is 477 g/mol. The quantitative estimate of drug-likeness (QED) is 0.248. The van der Waals surface area contributed by atoms with Crippen molar-refractivity contribution in [3.8, 4) is 11.7 Å². The van der Waals surface area contributed by atoms with Gasteiger partial charge in [-0.2, -0.15) is 0 Å². The van der Waals surface area contributed by atoms with E-state index >= 15 is 0 Å². The number of aromatic nitrogens is 5. The molecule has 180 valence electrons. The summed E-state index contributed by atoms with van der Waals surface area (Å²) in [6.07, 6.45) is 3.43. The van der Waals surface area contributed by atoms with E-state index in [0.29, 0.717) is 28.9 Å². The normalized spacial score (nSPS) is 11.9. The standard InChI is InChI=1S/C24H24FN7O3/c1-34-13-17-11-16(12-19(35-2)20(17)25)18(10-14-4-6-15(7-5-14)21(26)27)22-30-24(33)32(31-22)23-28-8-3-9-29-23/h3-9,11-12,18H,10,13H2,1-2H3,(H3,26,27)(H,30,31,33). The third kappa shape index (κ3) is 5.09. The molecule has 11 heteroatoms. The predicted molar refractivity (Wildman–Crippen MR) is 126 cm³/mol. The lowest BCUT2D eigenvalue weighted by Gasteiger charge is -2.18. The van der Waals surface area contributed by atoms with E-state index in [9.17, 15) is 9.18 Å². The number of H-pyrrole nitrogens is 1. The zero-order valence-electron chi connectivity index (χ0n) is 19.2. The summed E-state index contributed by atoms with van der Waals surface area (Å²) in [5.74, 6) is -0.511. The van der Waals surface area contributed by atoms with Crippen LogP contribution in [0.25, 0.3) is 5.95 Å². The second kappa shape index (κ2) is 10.3. The summed E-state index contributed by atoms with van der Waals surface area (Å²) in [7, 11) is 2.86. The van der Waals surface area contributed by atoms with Gasteiger partial charge >= 0.3 is 5.69 Å². The Balaban J connectivity index is 1.83. The van der Waals surface area contributed by atoms with Gasteiger partial charge in [0.15, 0.2) is 11.6 Å². The van der Waals surface area contributed by atoms with Crippen molar-refractivity contribution < 1.29 is 13.9 Å². The van der Waals surface area contributed by atoms with E-state index < -0.39 is 17.4 Å². The Labute approximate surface area is 200 Å². The molecule has 0 radical (unpaired) electrons. The number of methoxy groups -OCH3 is 2. The van der Waals surface area contributed by atoms with Crippen LogP contribution in [0.3, 0.4) is 0 Å². The van der Waals surface area contributed by atoms with Crippen LogP contribution < -0.4 is 16.2 Å². The average molecular weight is 478 g/mol. The van der Waals surface area contributed by atoms with Gasteiger partial charge in [-0.05, 0) is 35.7 Å². The first-order valence-corrected chi connectivity index (χ1v) is 10.7. The van der Waals surface area contributed by atoms with Crippen molar-refractivity contribution in [2.24, 2.45) is 5.73 Å². The maximum Gasteiger partial charge on any atom is 0.350 e. The minimum absolute atomic E-state index is 0.0356. The van der Waals surface area contributed by atoms with Gasteiger partial charge in [-0.15, -0.1) is 9.78 Å². The van der Waals surface area contributed by atoms with Crippen LogP contribution in [0.4, 0.5) is 4.39 Å². The maximum atomic E-state index is 14.8. The van der Waals surface area contributed by atoms with Crippen molar-refractivity contribution in [2.45, 2.75) is 18.9 Å². The SMILES string of the molecule is COCc1cc(C(Cc2ccc(C(=N)N)cc2)c2nn(-c3ncccn3)c(=O)[nH]2)cc(OC)c1F. The second-order valence-corrected chi connectivity index (χ2v) is 7.77. The van der Waals surface area contributed by atoms with Crippen molar-refractivity contribution in [2.75, 3.05) is 14.2 Å². The molecule has 0 spiro atoms. The van der Waals surface area contributed by atoms with Crippen molar-refractivity contribution in [3.05, 3.63) is 99.2 Å². The molecule has 0 saturated carbocycles. The van der Waals surface area contributed by atoms with Crippen LogP contribution in [0.5, 0.6) is 5.75 Å². The Morgan fingerprint density at radius 2 is 1.91 bits per heavy atom. The summed E-state index contributed by atoms with van der Waals surface area (Å²) in [6.45, 7) is 0.0406. The number of nitrogen functional groups attached to an aromatic ring is 1. The number of aromatic amines is 1. The fourth-order valence-corrected chi connectivity index (χ4v) is 3.75. The van der Waals surface area contributed by atoms with Gasteiger partial charge < -0.3 is 15.2 Å². The molecule has 4 N–H and O–H groups in total. The topological polar surface area (TPSA) is 145 Å². The molecule has 0 aliphatic rings. The molecule has 10 nitrogen and oxygen atoms in total. The molecule has 0 amide bonds. The Kier molecular flexibility index (Phi) is 6.97. The Morgan fingerprint density at radius 3 is 2.54 bits per heavy atom. The number of hydrogen-bond acceptors (Lipinski definition) is 7. The van der Waals surface area contributed by atoms with Gasteiger partial charge in [0.2, 0.25) is 0 Å². The van der Waals surface area contributed by atoms with Crippen molar-refractivity contribution >= 4 is 5.84 Å². The number of nitrogens with two attached hydrogens (primary N) is 1. The molecule has 4 aromatic rings. The van der Waals surface area contributed by atoms with Crippen LogP contribution in [0.15, 0.2) is 59.7 Å². The molecular formula is C24H24FN7O3. The second-order valence-electron chi connectivity index (χ2n) is 7.77. The first kappa shape index (κ1) is 23.8. The van der Waals surface area contributed by atoms with Crippen molar-refractivity contribution in [1.29, 1.82) is 5.41 Å². The smallest absolute Gasteiger partial charge is 0.350 e. The highest BCUT2D eigenvalue weighted by Gasteiger charge is 2.24. The number of nitrogens with zero attached hydrogens (tertiary/aromatic N) is 4. The largest absolute Gasteiger partial charge is 0.494 e. The maximum absolute atomic E-state index is 14.8. The molecule has 1 unspecified atom stereocenters. The van der Waals surface area contributed by atoms with E-state index in [1.807, 2.05) is 12.1 Å². The fraction of sp³-hybridized carbons (Fsp3) is 0.208. The lowest BCUT2D eigenvalue weighted by molar-refractivity contribution is 0.180. The summed E-state index contributed by atoms with van der Waals surface area (Å²) >= 11 is 0. The van der Waals surface area contributed by atoms with E-state index in [0.717, 1.165) is 10.2 Å². The summed E-state index contributed by atoms with van der Waals surface area (Å²) in [4.78, 5) is 23.7. The van der Waals surface area contributed by atoms with Crippen molar-refractivity contribution in [3.63, 3.8) is 0 Å². The van der Waals surface area contributed by atoms with Gasteiger partial charge in [-0.3, -0.25) is 10.4 Å². The van der Waals surface area contributed by atoms with Gasteiger partial charge in [-0.25, -0.2) is 19.2 Å². The fourth-order valence-electron chi connectivity index (χ4n) is 3.75. The van der Waals surface area contributed by atoms with E-state index in [1.165, 1.54) is 26.6 Å². The average Bonchev–Trinajstić information content (AvgIpc) is 3.26. The van der Waals surface area contributed by atoms with Gasteiger partial charge in [-0.1, -0.05) is 24.3 Å². The third-order valence-corrected chi connectivity index (χ3v) is 5.47. The molecule has 0 bridgehead atoms. The number of nitrogens with one attached hydrogen (secondary N) is 2. The molecular weight excluding hydrogens is 453 g/mol. The molecule has 0 saturated heterocycles. The van der Waals surface area contributed by atoms with Crippen molar-refractivity contribution in [1.82, 2.24) is 24.7 Å². The number of amidine groups is 1. The van der Waals surface area contributed by atoms with E-state index in [1.54, 1.807) is 30.3 Å². The van der Waals surface area contributed by atoms with Crippen LogP contribution in [0.2, 0.25) is 0 Å². The minimum Gasteiger partial charge on any atom is -0.494 e. The van der Waals surface area contributed by atoms with Crippen LogP contribution in [-0.4, -0.2) is 44.8 Å². The van der Waals surface area contributed by atoms with Crippen LogP contribution in [0, 0.1) is 11.2 Å². The number of halogens is 1. The number of rotatable bonds is 9. The van der Waals surface area contributed by atoms with Gasteiger partial charge in [0.05, 0.1) is 13.7 Å².